The molecule has 1 atom stereocenters. The van der Waals surface area contributed by atoms with Gasteiger partial charge in [0, 0.05) is 44.5 Å². The van der Waals surface area contributed by atoms with Crippen molar-refractivity contribution in [3.8, 4) is 5.88 Å². The van der Waals surface area contributed by atoms with E-state index in [1.54, 1.807) is 13.2 Å². The first-order valence-electron chi connectivity index (χ1n) is 9.80. The minimum atomic E-state index is -4.18. The maximum Gasteiger partial charge on any atom is 0.401 e. The number of nitrogens with zero attached hydrogens (tertiary/aromatic N) is 3. The van der Waals surface area contributed by atoms with E-state index in [0.29, 0.717) is 44.5 Å². The lowest BCUT2D eigenvalue weighted by molar-refractivity contribution is -0.143. The summed E-state index contributed by atoms with van der Waals surface area (Å²) in [5.41, 5.74) is 1.91. The van der Waals surface area contributed by atoms with Gasteiger partial charge in [0.15, 0.2) is 5.96 Å². The van der Waals surface area contributed by atoms with Crippen molar-refractivity contribution in [3.05, 3.63) is 59.8 Å². The molecule has 1 saturated heterocycles. The molecule has 1 aliphatic heterocycles. The second-order valence-corrected chi connectivity index (χ2v) is 7.15. The Labute approximate surface area is 174 Å². The summed E-state index contributed by atoms with van der Waals surface area (Å²) in [6.45, 7) is 0.702. The minimum Gasteiger partial charge on any atom is -0.473 e. The molecule has 1 aromatic carbocycles. The molecule has 0 bridgehead atoms. The number of nitrogens with one attached hydrogen (secondary N) is 2. The fourth-order valence-corrected chi connectivity index (χ4v) is 3.33. The number of ether oxygens (including phenoxy) is 1. The van der Waals surface area contributed by atoms with Crippen LogP contribution in [0.4, 0.5) is 13.2 Å². The first-order chi connectivity index (χ1) is 14.4. The summed E-state index contributed by atoms with van der Waals surface area (Å²) < 4.78 is 43.6. The molecule has 6 nitrogen and oxygen atoms in total. The molecule has 0 spiro atoms. The van der Waals surface area contributed by atoms with E-state index < -0.39 is 12.7 Å². The molecule has 1 fully saturated rings. The van der Waals surface area contributed by atoms with Crippen LogP contribution in [0.2, 0.25) is 0 Å². The third kappa shape index (κ3) is 6.91. The second-order valence-electron chi connectivity index (χ2n) is 7.15. The van der Waals surface area contributed by atoms with Crippen LogP contribution in [0.15, 0.2) is 53.7 Å². The van der Waals surface area contributed by atoms with Gasteiger partial charge in [-0.25, -0.2) is 4.98 Å². The molecule has 9 heteroatoms. The van der Waals surface area contributed by atoms with Crippen LogP contribution in [-0.4, -0.2) is 54.7 Å². The summed E-state index contributed by atoms with van der Waals surface area (Å²) in [6, 6.07) is 13.5. The largest absolute Gasteiger partial charge is 0.473 e. The van der Waals surface area contributed by atoms with Crippen molar-refractivity contribution in [3.63, 3.8) is 0 Å². The topological polar surface area (TPSA) is 61.8 Å². The van der Waals surface area contributed by atoms with Crippen molar-refractivity contribution in [2.24, 2.45) is 4.99 Å². The molecule has 30 heavy (non-hydrogen) atoms. The molecule has 0 saturated carbocycles. The Kier molecular flexibility index (Phi) is 7.51. The van der Waals surface area contributed by atoms with Crippen LogP contribution < -0.4 is 15.4 Å². The van der Waals surface area contributed by atoms with Gasteiger partial charge in [-0.2, -0.15) is 13.2 Å². The number of likely N-dealkylation sites (tertiary alicyclic amines) is 1. The van der Waals surface area contributed by atoms with Gasteiger partial charge in [0.1, 0.15) is 6.61 Å². The predicted octanol–water partition coefficient (Wildman–Crippen LogP) is 2.96. The number of guanidine groups is 1. The van der Waals surface area contributed by atoms with Crippen LogP contribution in [0.1, 0.15) is 17.5 Å². The molecule has 1 unspecified atom stereocenters. The first kappa shape index (κ1) is 21.9. The van der Waals surface area contributed by atoms with Gasteiger partial charge in [0.25, 0.3) is 0 Å². The highest BCUT2D eigenvalue weighted by atomic mass is 19.4. The van der Waals surface area contributed by atoms with Crippen LogP contribution in [0.3, 0.4) is 0 Å². The van der Waals surface area contributed by atoms with Crippen LogP contribution in [0.25, 0.3) is 0 Å². The van der Waals surface area contributed by atoms with E-state index in [2.05, 4.69) is 20.6 Å². The Balaban J connectivity index is 1.51. The Hall–Kier alpha value is -2.81. The molecule has 3 rings (SSSR count). The molecule has 0 aliphatic carbocycles. The summed E-state index contributed by atoms with van der Waals surface area (Å²) in [4.78, 5) is 9.90. The quantitative estimate of drug-likeness (QED) is 0.532. The van der Waals surface area contributed by atoms with Crippen molar-refractivity contribution in [2.45, 2.75) is 31.8 Å². The van der Waals surface area contributed by atoms with Gasteiger partial charge < -0.3 is 15.4 Å². The van der Waals surface area contributed by atoms with E-state index in [0.717, 1.165) is 11.1 Å². The number of alkyl halides is 3. The van der Waals surface area contributed by atoms with Crippen LogP contribution in [-0.2, 0) is 13.2 Å². The van der Waals surface area contributed by atoms with E-state index >= 15 is 0 Å². The third-order valence-electron chi connectivity index (χ3n) is 4.75. The lowest BCUT2D eigenvalue weighted by Gasteiger charge is -2.20. The first-order valence-corrected chi connectivity index (χ1v) is 9.80. The van der Waals surface area contributed by atoms with E-state index in [1.807, 2.05) is 42.5 Å². The highest BCUT2D eigenvalue weighted by Crippen LogP contribution is 2.20. The Morgan fingerprint density at radius 3 is 2.77 bits per heavy atom. The number of rotatable bonds is 7. The highest BCUT2D eigenvalue weighted by molar-refractivity contribution is 5.80. The van der Waals surface area contributed by atoms with Gasteiger partial charge in [0.05, 0.1) is 6.54 Å². The molecule has 2 N–H and O–H groups in total. The molecule has 162 valence electrons. The normalized spacial score (nSPS) is 17.7. The van der Waals surface area contributed by atoms with Crippen LogP contribution >= 0.6 is 0 Å². The molecule has 2 aromatic rings. The summed E-state index contributed by atoms with van der Waals surface area (Å²) >= 11 is 0. The van der Waals surface area contributed by atoms with Crippen LogP contribution in [0.5, 0.6) is 5.88 Å². The van der Waals surface area contributed by atoms with Gasteiger partial charge in [-0.1, -0.05) is 36.4 Å². The Morgan fingerprint density at radius 2 is 2.03 bits per heavy atom. The van der Waals surface area contributed by atoms with Crippen LogP contribution in [0, 0.1) is 0 Å². The smallest absolute Gasteiger partial charge is 0.401 e. The summed E-state index contributed by atoms with van der Waals surface area (Å²) in [7, 11) is 1.63. The number of hydrogen-bond donors (Lipinski definition) is 2. The molecule has 1 aromatic heterocycles. The fourth-order valence-electron chi connectivity index (χ4n) is 3.33. The third-order valence-corrected chi connectivity index (χ3v) is 4.75. The minimum absolute atomic E-state index is 0.0822. The van der Waals surface area contributed by atoms with Gasteiger partial charge in [-0.3, -0.25) is 9.89 Å². The van der Waals surface area contributed by atoms with Gasteiger partial charge >= 0.3 is 6.18 Å². The van der Waals surface area contributed by atoms with Crippen molar-refractivity contribution in [1.82, 2.24) is 20.5 Å². The molecular weight excluding hydrogens is 395 g/mol. The number of pyridine rings is 1. The lowest BCUT2D eigenvalue weighted by Crippen LogP contribution is -2.45. The Morgan fingerprint density at radius 1 is 1.23 bits per heavy atom. The average Bonchev–Trinajstić information content (AvgIpc) is 3.16. The molecule has 2 heterocycles. The second kappa shape index (κ2) is 10.3. The van der Waals surface area contributed by atoms with E-state index in [9.17, 15) is 13.2 Å². The molecular formula is C21H26F3N5O. The SMILES string of the molecule is CN=C(NCc1cccnc1OCc1ccccc1)NC1CCN(CC(F)(F)F)C1. The number of hydrogen-bond acceptors (Lipinski definition) is 4. The van der Waals surface area contributed by atoms with Gasteiger partial charge in [-0.05, 0) is 18.1 Å². The lowest BCUT2D eigenvalue weighted by atomic mass is 10.2. The fraction of sp³-hybridized carbons (Fsp3) is 0.429. The maximum absolute atomic E-state index is 12.6. The molecule has 1 aliphatic rings. The standard InChI is InChI=1S/C21H26F3N5O/c1-25-20(28-18-9-11-29(13-18)15-21(22,23)24)27-12-17-8-5-10-26-19(17)30-14-16-6-3-2-4-7-16/h2-8,10,18H,9,11-15H2,1H3,(H2,25,27,28). The average molecular weight is 421 g/mol. The van der Waals surface area contributed by atoms with E-state index in [4.69, 9.17) is 4.74 Å². The Bertz CT molecular complexity index is 829. The zero-order valence-corrected chi connectivity index (χ0v) is 16.8. The number of aromatic nitrogens is 1. The zero-order valence-electron chi connectivity index (χ0n) is 16.8. The van der Waals surface area contributed by atoms with E-state index in [-0.39, 0.29) is 6.04 Å². The zero-order chi connectivity index (χ0) is 21.4. The maximum atomic E-state index is 12.6. The monoisotopic (exact) mass is 421 g/mol. The van der Waals surface area contributed by atoms with E-state index in [1.165, 1.54) is 4.90 Å². The highest BCUT2D eigenvalue weighted by Gasteiger charge is 2.34. The van der Waals surface area contributed by atoms with Crippen molar-refractivity contribution in [1.29, 1.82) is 0 Å². The molecule has 0 radical (unpaired) electrons. The van der Waals surface area contributed by atoms with Gasteiger partial charge in [-0.15, -0.1) is 0 Å². The van der Waals surface area contributed by atoms with Crippen molar-refractivity contribution in [2.75, 3.05) is 26.7 Å². The number of aliphatic imine (C=N–C) groups is 1. The summed E-state index contributed by atoms with van der Waals surface area (Å²) in [5, 5.41) is 6.39. The number of halogens is 3. The van der Waals surface area contributed by atoms with Gasteiger partial charge in [0.2, 0.25) is 5.88 Å². The van der Waals surface area contributed by atoms with Crippen molar-refractivity contribution >= 4 is 5.96 Å². The molecule has 0 amide bonds. The summed E-state index contributed by atoms with van der Waals surface area (Å²) in [5.74, 6) is 1.06. The number of benzene rings is 1. The predicted molar refractivity (Wildman–Crippen MR) is 109 cm³/mol. The summed E-state index contributed by atoms with van der Waals surface area (Å²) in [6.07, 6.45) is -1.87. The van der Waals surface area contributed by atoms with Crippen molar-refractivity contribution < 1.29 is 17.9 Å².